The third kappa shape index (κ3) is 4.77. The van der Waals surface area contributed by atoms with E-state index in [1.54, 1.807) is 4.90 Å². The summed E-state index contributed by atoms with van der Waals surface area (Å²) in [5.41, 5.74) is -2.66. The van der Waals surface area contributed by atoms with Crippen molar-refractivity contribution in [1.29, 1.82) is 0 Å². The first-order chi connectivity index (χ1) is 17.3. The molecule has 2 aromatic rings. The first-order valence-electron chi connectivity index (χ1n) is 11.6. The highest BCUT2D eigenvalue weighted by Gasteiger charge is 2.59. The number of carbonyl (C=O) groups excluding carboxylic acids is 1. The summed E-state index contributed by atoms with van der Waals surface area (Å²) in [5.74, 6) is -3.16. The minimum atomic E-state index is -4.82. The van der Waals surface area contributed by atoms with Crippen LogP contribution in [-0.4, -0.2) is 65.4 Å². The van der Waals surface area contributed by atoms with E-state index in [0.29, 0.717) is 0 Å². The number of fused-ring (bicyclic) bond motifs is 2. The molecular formula is C23H24F6N4O4. The molecule has 4 heterocycles. The number of benzene rings is 1. The van der Waals surface area contributed by atoms with Crippen molar-refractivity contribution < 1.29 is 45.7 Å². The van der Waals surface area contributed by atoms with Crippen LogP contribution in [0.5, 0.6) is 0 Å². The highest BCUT2D eigenvalue weighted by molar-refractivity contribution is 5.94. The summed E-state index contributed by atoms with van der Waals surface area (Å²) in [6.07, 6.45) is -11.5. The lowest BCUT2D eigenvalue weighted by molar-refractivity contribution is -0.143. The molecule has 0 spiro atoms. The Morgan fingerprint density at radius 1 is 1.14 bits per heavy atom. The van der Waals surface area contributed by atoms with Gasteiger partial charge in [0.05, 0.1) is 43.0 Å². The molecule has 3 fully saturated rings. The third-order valence-electron chi connectivity index (χ3n) is 7.04. The summed E-state index contributed by atoms with van der Waals surface area (Å²) in [6.45, 7) is 1.10. The van der Waals surface area contributed by atoms with E-state index in [0.717, 1.165) is 16.9 Å². The van der Waals surface area contributed by atoms with Crippen LogP contribution in [0.2, 0.25) is 0 Å². The smallest absolute Gasteiger partial charge is 0.390 e. The molecule has 1 aromatic heterocycles. The van der Waals surface area contributed by atoms with Crippen molar-refractivity contribution in [2.24, 2.45) is 13.0 Å². The molecule has 0 saturated carbocycles. The average molecular weight is 534 g/mol. The lowest BCUT2D eigenvalue weighted by Gasteiger charge is -2.32. The van der Waals surface area contributed by atoms with Gasteiger partial charge in [-0.05, 0) is 18.2 Å². The average Bonchev–Trinajstić information content (AvgIpc) is 3.50. The Balaban J connectivity index is 1.45. The molecule has 3 aliphatic rings. The first kappa shape index (κ1) is 25.8. The zero-order chi connectivity index (χ0) is 26.7. The van der Waals surface area contributed by atoms with E-state index in [4.69, 9.17) is 9.47 Å². The molecule has 1 amide bonds. The molecule has 202 valence electrons. The third-order valence-corrected chi connectivity index (χ3v) is 7.04. The minimum absolute atomic E-state index is 0.0185. The number of amides is 1. The van der Waals surface area contributed by atoms with Crippen LogP contribution in [0.4, 0.5) is 37.7 Å². The fraction of sp³-hybridized carbons (Fsp3) is 0.565. The van der Waals surface area contributed by atoms with Gasteiger partial charge in [-0.15, -0.1) is 0 Å². The summed E-state index contributed by atoms with van der Waals surface area (Å²) in [5, 5.41) is 16.2. The Bertz CT molecular complexity index is 1180. The molecule has 14 heteroatoms. The van der Waals surface area contributed by atoms with Crippen LogP contribution in [0, 0.1) is 5.92 Å². The number of aliphatic hydroxyl groups is 1. The van der Waals surface area contributed by atoms with Crippen LogP contribution in [0.25, 0.3) is 0 Å². The number of rotatable bonds is 4. The van der Waals surface area contributed by atoms with Gasteiger partial charge in [-0.1, -0.05) is 0 Å². The molecule has 5 atom stereocenters. The van der Waals surface area contributed by atoms with Crippen molar-refractivity contribution >= 4 is 17.3 Å². The van der Waals surface area contributed by atoms with Crippen LogP contribution >= 0.6 is 0 Å². The molecule has 8 nitrogen and oxygen atoms in total. The van der Waals surface area contributed by atoms with Crippen LogP contribution in [0.1, 0.15) is 29.2 Å². The summed E-state index contributed by atoms with van der Waals surface area (Å²) in [7, 11) is 1.30. The number of nitrogens with one attached hydrogen (secondary N) is 1. The van der Waals surface area contributed by atoms with Gasteiger partial charge in [-0.25, -0.2) is 0 Å². The van der Waals surface area contributed by atoms with E-state index in [1.165, 1.54) is 19.2 Å². The zero-order valence-electron chi connectivity index (χ0n) is 19.5. The van der Waals surface area contributed by atoms with Crippen molar-refractivity contribution in [2.45, 2.75) is 43.0 Å². The van der Waals surface area contributed by atoms with E-state index < -0.39 is 59.7 Å². The Kier molecular flexibility index (Phi) is 6.39. The molecule has 1 aromatic carbocycles. The number of hydrogen-bond donors (Lipinski definition) is 2. The second-order valence-electron chi connectivity index (χ2n) is 9.42. The molecule has 3 saturated heterocycles. The molecular weight excluding hydrogens is 510 g/mol. The van der Waals surface area contributed by atoms with Crippen LogP contribution in [0.15, 0.2) is 24.4 Å². The Hall–Kier alpha value is -2.84. The Morgan fingerprint density at radius 2 is 1.84 bits per heavy atom. The number of ether oxygens (including phenoxy) is 2. The van der Waals surface area contributed by atoms with Gasteiger partial charge in [0, 0.05) is 55.6 Å². The first-order valence-corrected chi connectivity index (χ1v) is 11.6. The van der Waals surface area contributed by atoms with E-state index in [9.17, 15) is 36.2 Å². The molecule has 0 unspecified atom stereocenters. The van der Waals surface area contributed by atoms with Gasteiger partial charge >= 0.3 is 12.4 Å². The van der Waals surface area contributed by atoms with Gasteiger partial charge in [0.2, 0.25) is 5.91 Å². The molecule has 0 radical (unpaired) electrons. The number of aryl methyl sites for hydroxylation is 1. The number of halogens is 6. The number of hydrogen-bond acceptors (Lipinski definition) is 6. The van der Waals surface area contributed by atoms with Crippen LogP contribution in [-0.2, 0) is 33.7 Å². The van der Waals surface area contributed by atoms with Crippen molar-refractivity contribution in [3.05, 3.63) is 41.2 Å². The minimum Gasteiger partial charge on any atom is -0.390 e. The van der Waals surface area contributed by atoms with Crippen molar-refractivity contribution in [3.63, 3.8) is 0 Å². The number of nitrogens with zero attached hydrogens (tertiary/aromatic N) is 3. The fourth-order valence-corrected chi connectivity index (χ4v) is 5.53. The summed E-state index contributed by atoms with van der Waals surface area (Å²) < 4.78 is 94.6. The predicted molar refractivity (Wildman–Crippen MR) is 117 cm³/mol. The number of carbonyl (C=O) groups is 1. The second-order valence-corrected chi connectivity index (χ2v) is 9.42. The van der Waals surface area contributed by atoms with E-state index in [2.05, 4.69) is 10.4 Å². The topological polar surface area (TPSA) is 88.9 Å². The van der Waals surface area contributed by atoms with Gasteiger partial charge in [0.25, 0.3) is 0 Å². The zero-order valence-corrected chi connectivity index (χ0v) is 19.5. The SMILES string of the molecule is Cn1cc([C@H]2[C@H]3O[C@H](C[C@@H]3O)[C@@H]2C(=O)Nc2ccc(N3CCOCC3)c(C(F)(F)F)c2)c(C(F)(F)F)n1. The number of aromatic nitrogens is 2. The second kappa shape index (κ2) is 9.17. The van der Waals surface area contributed by atoms with Crippen LogP contribution in [0.3, 0.4) is 0 Å². The summed E-state index contributed by atoms with van der Waals surface area (Å²) in [4.78, 5) is 14.9. The van der Waals surface area contributed by atoms with Crippen molar-refractivity contribution in [3.8, 4) is 0 Å². The van der Waals surface area contributed by atoms with Gasteiger partial charge in [0.15, 0.2) is 5.69 Å². The predicted octanol–water partition coefficient (Wildman–Crippen LogP) is 3.16. The van der Waals surface area contributed by atoms with Crippen LogP contribution < -0.4 is 10.2 Å². The molecule has 5 rings (SSSR count). The Morgan fingerprint density at radius 3 is 2.49 bits per heavy atom. The maximum absolute atomic E-state index is 13.9. The number of alkyl halides is 6. The molecule has 2 N–H and O–H groups in total. The maximum Gasteiger partial charge on any atom is 0.435 e. The number of morpholine rings is 1. The van der Waals surface area contributed by atoms with Crippen molar-refractivity contribution in [1.82, 2.24) is 9.78 Å². The van der Waals surface area contributed by atoms with Gasteiger partial charge < -0.3 is 24.8 Å². The van der Waals surface area contributed by atoms with Gasteiger partial charge in [-0.2, -0.15) is 31.4 Å². The monoisotopic (exact) mass is 534 g/mol. The van der Waals surface area contributed by atoms with E-state index in [-0.39, 0.29) is 49.7 Å². The van der Waals surface area contributed by atoms with E-state index >= 15 is 0 Å². The molecule has 2 bridgehead atoms. The molecule has 3 aliphatic heterocycles. The van der Waals surface area contributed by atoms with E-state index in [1.807, 2.05) is 0 Å². The highest BCUT2D eigenvalue weighted by atomic mass is 19.4. The normalized spacial score (nSPS) is 28.1. The summed E-state index contributed by atoms with van der Waals surface area (Å²) >= 11 is 0. The summed E-state index contributed by atoms with van der Waals surface area (Å²) in [6, 6.07) is 3.39. The van der Waals surface area contributed by atoms with Gasteiger partial charge in [0.1, 0.15) is 0 Å². The van der Waals surface area contributed by atoms with Crippen molar-refractivity contribution in [2.75, 3.05) is 36.5 Å². The standard InChI is InChI=1S/C23H24F6N4O4/c1-32-10-12(20(31-32)23(27,28)29)17-18(16-9-15(34)19(17)37-16)21(35)30-11-2-3-14(13(8-11)22(24,25)26)33-4-6-36-7-5-33/h2-3,8,10,15-19,34H,4-7,9H2,1H3,(H,30,35)/t15-,16+,17+,18-,19-/m0/s1. The molecule has 37 heavy (non-hydrogen) atoms. The number of anilines is 2. The number of aliphatic hydroxyl groups excluding tert-OH is 1. The van der Waals surface area contributed by atoms with Gasteiger partial charge in [-0.3, -0.25) is 9.48 Å². The highest BCUT2D eigenvalue weighted by Crippen LogP contribution is 2.51. The molecule has 0 aliphatic carbocycles. The fourth-order valence-electron chi connectivity index (χ4n) is 5.53. The lowest BCUT2D eigenvalue weighted by atomic mass is 9.73. The Labute approximate surface area is 207 Å². The maximum atomic E-state index is 13.9. The lowest BCUT2D eigenvalue weighted by Crippen LogP contribution is -2.41. The quantitative estimate of drug-likeness (QED) is 0.587. The largest absolute Gasteiger partial charge is 0.435 e.